The molecule has 0 spiro atoms. The number of carbonyl (C=O) groups excluding carboxylic acids is 1. The van der Waals surface area contributed by atoms with Crippen molar-refractivity contribution in [2.24, 2.45) is 0 Å². The number of nitrogens with zero attached hydrogens (tertiary/aromatic N) is 3. The molecule has 1 heterocycles. The largest absolute Gasteiger partial charge is 0.331 e. The molecule has 0 bridgehead atoms. The number of amides is 2. The van der Waals surface area contributed by atoms with Crippen LogP contribution in [-0.2, 0) is 12.3 Å². The number of aromatic nitrogens is 3. The van der Waals surface area contributed by atoms with Gasteiger partial charge in [0.05, 0.1) is 12.2 Å². The number of hydrogen-bond acceptors (Lipinski definition) is 4. The Morgan fingerprint density at radius 1 is 1.03 bits per heavy atom. The minimum absolute atomic E-state index is 0.160. The van der Waals surface area contributed by atoms with Crippen LogP contribution >= 0.6 is 23.4 Å². The molecule has 6 nitrogen and oxygen atoms in total. The van der Waals surface area contributed by atoms with Crippen molar-refractivity contribution in [2.75, 3.05) is 5.32 Å². The van der Waals surface area contributed by atoms with Crippen molar-refractivity contribution in [3.05, 3.63) is 100 Å². The quantitative estimate of drug-likeness (QED) is 0.295. The summed E-state index contributed by atoms with van der Waals surface area (Å²) in [7, 11) is 0. The van der Waals surface area contributed by atoms with E-state index in [1.165, 1.54) is 23.9 Å². The first kappa shape index (κ1) is 23.8. The second-order valence-corrected chi connectivity index (χ2v) is 9.13. The zero-order valence-electron chi connectivity index (χ0n) is 18.7. The number of benzene rings is 3. The molecule has 9 heteroatoms. The van der Waals surface area contributed by atoms with E-state index in [4.69, 9.17) is 11.6 Å². The number of nitrogens with one attached hydrogen (secondary N) is 2. The number of halogens is 2. The smallest absolute Gasteiger partial charge is 0.319 e. The summed E-state index contributed by atoms with van der Waals surface area (Å²) < 4.78 is 15.1. The highest BCUT2D eigenvalue weighted by Crippen LogP contribution is 2.28. The lowest BCUT2D eigenvalue weighted by atomic mass is 10.2. The topological polar surface area (TPSA) is 71.8 Å². The summed E-state index contributed by atoms with van der Waals surface area (Å²) in [5.41, 5.74) is 4.58. The zero-order valence-corrected chi connectivity index (χ0v) is 20.3. The zero-order chi connectivity index (χ0) is 24.1. The van der Waals surface area contributed by atoms with Crippen LogP contribution in [0.2, 0.25) is 5.02 Å². The van der Waals surface area contributed by atoms with Gasteiger partial charge in [0.25, 0.3) is 0 Å². The van der Waals surface area contributed by atoms with E-state index in [0.29, 0.717) is 27.4 Å². The van der Waals surface area contributed by atoms with Gasteiger partial charge >= 0.3 is 6.03 Å². The SMILES string of the molecule is Cc1ccc(NC(=O)NCc2nnc(SCc3ccc(F)cc3)n2-c2cc(Cl)ccc2C)cc1. The van der Waals surface area contributed by atoms with Crippen LogP contribution in [0.25, 0.3) is 5.69 Å². The summed E-state index contributed by atoms with van der Waals surface area (Å²) in [5.74, 6) is 0.870. The average molecular weight is 496 g/mol. The Hall–Kier alpha value is -3.36. The molecule has 0 unspecified atom stereocenters. The molecule has 0 radical (unpaired) electrons. The van der Waals surface area contributed by atoms with Crippen molar-refractivity contribution < 1.29 is 9.18 Å². The molecule has 2 amide bonds. The number of rotatable bonds is 7. The maximum atomic E-state index is 13.2. The Bertz CT molecular complexity index is 1290. The summed E-state index contributed by atoms with van der Waals surface area (Å²) in [6.07, 6.45) is 0. The van der Waals surface area contributed by atoms with Crippen LogP contribution in [-0.4, -0.2) is 20.8 Å². The van der Waals surface area contributed by atoms with E-state index in [9.17, 15) is 9.18 Å². The third-order valence-corrected chi connectivity index (χ3v) is 6.35. The van der Waals surface area contributed by atoms with Crippen LogP contribution < -0.4 is 10.6 Å². The number of carbonyl (C=O) groups is 1. The molecule has 3 aromatic carbocycles. The first-order chi connectivity index (χ1) is 16.4. The summed E-state index contributed by atoms with van der Waals surface area (Å²) >= 11 is 7.75. The van der Waals surface area contributed by atoms with Gasteiger partial charge in [0.15, 0.2) is 11.0 Å². The Morgan fingerprint density at radius 2 is 1.76 bits per heavy atom. The van der Waals surface area contributed by atoms with E-state index in [0.717, 1.165) is 22.4 Å². The molecule has 0 fully saturated rings. The van der Waals surface area contributed by atoms with Crippen molar-refractivity contribution >= 4 is 35.1 Å². The predicted molar refractivity (Wildman–Crippen MR) is 134 cm³/mol. The van der Waals surface area contributed by atoms with Crippen molar-refractivity contribution in [3.8, 4) is 5.69 Å². The summed E-state index contributed by atoms with van der Waals surface area (Å²) in [6, 6.07) is 19.1. The minimum atomic E-state index is -0.346. The van der Waals surface area contributed by atoms with E-state index in [1.807, 2.05) is 60.9 Å². The molecule has 0 aliphatic carbocycles. The first-order valence-corrected chi connectivity index (χ1v) is 11.9. The summed E-state index contributed by atoms with van der Waals surface area (Å²) in [4.78, 5) is 12.4. The van der Waals surface area contributed by atoms with Gasteiger partial charge in [0.1, 0.15) is 5.82 Å². The third kappa shape index (κ3) is 5.95. The van der Waals surface area contributed by atoms with Gasteiger partial charge in [-0.25, -0.2) is 9.18 Å². The van der Waals surface area contributed by atoms with Gasteiger partial charge in [-0.05, 0) is 61.4 Å². The van der Waals surface area contributed by atoms with Crippen molar-refractivity contribution in [1.29, 1.82) is 0 Å². The number of aryl methyl sites for hydroxylation is 2. The van der Waals surface area contributed by atoms with Crippen LogP contribution in [0.3, 0.4) is 0 Å². The molecule has 0 aliphatic rings. The predicted octanol–water partition coefficient (Wildman–Crippen LogP) is 6.29. The van der Waals surface area contributed by atoms with E-state index >= 15 is 0 Å². The minimum Gasteiger partial charge on any atom is -0.331 e. The highest BCUT2D eigenvalue weighted by molar-refractivity contribution is 7.98. The van der Waals surface area contributed by atoms with E-state index in [1.54, 1.807) is 12.1 Å². The molecule has 4 aromatic rings. The van der Waals surface area contributed by atoms with Gasteiger partial charge in [-0.1, -0.05) is 59.3 Å². The van der Waals surface area contributed by atoms with Gasteiger partial charge < -0.3 is 10.6 Å². The Morgan fingerprint density at radius 3 is 2.50 bits per heavy atom. The first-order valence-electron chi connectivity index (χ1n) is 10.6. The number of hydrogen-bond donors (Lipinski definition) is 2. The second-order valence-electron chi connectivity index (χ2n) is 7.75. The van der Waals surface area contributed by atoms with Crippen LogP contribution in [0.5, 0.6) is 0 Å². The third-order valence-electron chi connectivity index (χ3n) is 5.11. The maximum absolute atomic E-state index is 13.2. The van der Waals surface area contributed by atoms with Crippen molar-refractivity contribution in [3.63, 3.8) is 0 Å². The lowest BCUT2D eigenvalue weighted by molar-refractivity contribution is 0.251. The van der Waals surface area contributed by atoms with E-state index in [-0.39, 0.29) is 18.4 Å². The fourth-order valence-electron chi connectivity index (χ4n) is 3.27. The normalized spacial score (nSPS) is 10.8. The average Bonchev–Trinajstić information content (AvgIpc) is 3.23. The monoisotopic (exact) mass is 495 g/mol. The van der Waals surface area contributed by atoms with E-state index < -0.39 is 0 Å². The van der Waals surface area contributed by atoms with Gasteiger partial charge in [-0.15, -0.1) is 10.2 Å². The Balaban J connectivity index is 1.55. The molecule has 174 valence electrons. The fraction of sp³-hybridized carbons (Fsp3) is 0.160. The van der Waals surface area contributed by atoms with Crippen LogP contribution in [0, 0.1) is 19.7 Å². The Kier molecular flexibility index (Phi) is 7.49. The molecule has 0 saturated heterocycles. The van der Waals surface area contributed by atoms with Crippen molar-refractivity contribution in [1.82, 2.24) is 20.1 Å². The Labute approximate surface area is 206 Å². The molecular weight excluding hydrogens is 473 g/mol. The lowest BCUT2D eigenvalue weighted by Gasteiger charge is -2.14. The number of thioether (sulfide) groups is 1. The van der Waals surface area contributed by atoms with Gasteiger partial charge in [-0.2, -0.15) is 0 Å². The summed E-state index contributed by atoms with van der Waals surface area (Å²) in [5, 5.41) is 15.6. The second kappa shape index (κ2) is 10.7. The standard InChI is InChI=1S/C25H23ClFN5OS/c1-16-3-11-21(12-4-16)29-24(33)28-14-23-30-31-25(34-15-18-6-9-20(27)10-7-18)32(23)22-13-19(26)8-5-17(22)2/h3-13H,14-15H2,1-2H3,(H2,28,29,33). The van der Waals surface area contributed by atoms with Crippen LogP contribution in [0.4, 0.5) is 14.9 Å². The van der Waals surface area contributed by atoms with Gasteiger partial charge in [-0.3, -0.25) is 4.57 Å². The highest BCUT2D eigenvalue weighted by Gasteiger charge is 2.17. The van der Waals surface area contributed by atoms with Gasteiger partial charge in [0.2, 0.25) is 0 Å². The summed E-state index contributed by atoms with van der Waals surface area (Å²) in [6.45, 7) is 4.12. The highest BCUT2D eigenvalue weighted by atomic mass is 35.5. The number of anilines is 1. The van der Waals surface area contributed by atoms with Crippen LogP contribution in [0.1, 0.15) is 22.5 Å². The maximum Gasteiger partial charge on any atom is 0.319 e. The molecule has 1 aromatic heterocycles. The molecule has 34 heavy (non-hydrogen) atoms. The molecule has 4 rings (SSSR count). The molecule has 0 atom stereocenters. The van der Waals surface area contributed by atoms with Gasteiger partial charge in [0, 0.05) is 16.5 Å². The lowest BCUT2D eigenvalue weighted by Crippen LogP contribution is -2.29. The fourth-order valence-corrected chi connectivity index (χ4v) is 4.36. The van der Waals surface area contributed by atoms with Crippen LogP contribution in [0.15, 0.2) is 71.9 Å². The van der Waals surface area contributed by atoms with E-state index in [2.05, 4.69) is 20.8 Å². The molecule has 2 N–H and O–H groups in total. The molecular formula is C25H23ClFN5OS. The molecule has 0 aliphatic heterocycles. The molecule has 0 saturated carbocycles. The van der Waals surface area contributed by atoms with Crippen molar-refractivity contribution in [2.45, 2.75) is 31.3 Å². The number of urea groups is 1.